The van der Waals surface area contributed by atoms with Crippen molar-refractivity contribution in [3.05, 3.63) is 81.7 Å². The van der Waals surface area contributed by atoms with Crippen molar-refractivity contribution >= 4 is 38.2 Å². The molecule has 1 fully saturated rings. The highest BCUT2D eigenvalue weighted by Gasteiger charge is 2.32. The van der Waals surface area contributed by atoms with E-state index in [2.05, 4.69) is 36.2 Å². The molecule has 0 aliphatic carbocycles. The second-order valence-corrected chi connectivity index (χ2v) is 14.2. The average molecular weight is 596 g/mol. The van der Waals surface area contributed by atoms with Crippen molar-refractivity contribution in [1.82, 2.24) is 9.21 Å². The molecular weight excluding hydrogens is 558 g/mol. The molecule has 1 amide bonds. The number of nitrogens with one attached hydrogen (secondary N) is 1. The van der Waals surface area contributed by atoms with Crippen molar-refractivity contribution in [2.75, 3.05) is 31.6 Å². The number of hydrogen-bond donors (Lipinski definition) is 1. The fraction of sp³-hybridized carbons (Fsp3) is 0.419. The first kappa shape index (κ1) is 29.4. The number of nitrogens with zero attached hydrogens (tertiary/aromatic N) is 2. The Hall–Kier alpha value is -3.05. The Kier molecular flexibility index (Phi) is 8.94. The third-order valence-electron chi connectivity index (χ3n) is 7.68. The number of ether oxygens (including phenoxy) is 1. The van der Waals surface area contributed by atoms with E-state index in [1.807, 2.05) is 18.2 Å². The topological polar surface area (TPSA) is 96.0 Å². The molecule has 1 aromatic heterocycles. The van der Waals surface area contributed by atoms with Crippen molar-refractivity contribution < 1.29 is 22.7 Å². The molecule has 10 heteroatoms. The summed E-state index contributed by atoms with van der Waals surface area (Å²) in [5.41, 5.74) is 2.89. The van der Waals surface area contributed by atoms with E-state index in [1.165, 1.54) is 41.2 Å². The summed E-state index contributed by atoms with van der Waals surface area (Å²) in [4.78, 5) is 29.8. The number of piperidine rings is 1. The Bertz CT molecular complexity index is 1490. The summed E-state index contributed by atoms with van der Waals surface area (Å²) in [7, 11) is -3.65. The van der Waals surface area contributed by atoms with Crippen molar-refractivity contribution in [3.8, 4) is 0 Å². The number of esters is 1. The molecule has 0 saturated carbocycles. The molecule has 41 heavy (non-hydrogen) atoms. The third kappa shape index (κ3) is 6.56. The van der Waals surface area contributed by atoms with Crippen LogP contribution in [0.25, 0.3) is 0 Å². The SMILES string of the molecule is CCOC(=O)c1c(NC(=O)c2ccc(S(=O)(=O)N3C[C@@H](C)C[C@H](C)C3)cc2)sc2c1CCN(Cc1ccccc1)C2. The highest BCUT2D eigenvalue weighted by molar-refractivity contribution is 7.89. The van der Waals surface area contributed by atoms with E-state index < -0.39 is 21.9 Å². The fourth-order valence-electron chi connectivity index (χ4n) is 5.84. The van der Waals surface area contributed by atoms with Crippen LogP contribution in [0.3, 0.4) is 0 Å². The number of benzene rings is 2. The summed E-state index contributed by atoms with van der Waals surface area (Å²) in [6.45, 7) is 9.41. The van der Waals surface area contributed by atoms with Gasteiger partial charge in [-0.2, -0.15) is 4.31 Å². The van der Waals surface area contributed by atoms with Gasteiger partial charge in [0.15, 0.2) is 0 Å². The van der Waals surface area contributed by atoms with Crippen LogP contribution in [0, 0.1) is 11.8 Å². The van der Waals surface area contributed by atoms with Crippen molar-refractivity contribution in [2.24, 2.45) is 11.8 Å². The molecule has 8 nitrogen and oxygen atoms in total. The standard InChI is InChI=1S/C31H37N3O5S2/c1-4-39-31(36)28-26-14-15-33(19-23-8-6-5-7-9-23)20-27(26)40-30(28)32-29(35)24-10-12-25(13-11-24)41(37,38)34-17-21(2)16-22(3)18-34/h5-13,21-22H,4,14-20H2,1-3H3,(H,32,35)/t21-,22-/m0/s1. The van der Waals surface area contributed by atoms with Crippen LogP contribution in [0.5, 0.6) is 0 Å². The molecule has 0 unspecified atom stereocenters. The zero-order valence-corrected chi connectivity index (χ0v) is 25.4. The summed E-state index contributed by atoms with van der Waals surface area (Å²) in [6.07, 6.45) is 1.69. The first-order valence-corrected chi connectivity index (χ1v) is 16.4. The number of anilines is 1. The zero-order valence-electron chi connectivity index (χ0n) is 23.8. The molecule has 1 N–H and O–H groups in total. The lowest BCUT2D eigenvalue weighted by molar-refractivity contribution is 0.0526. The minimum Gasteiger partial charge on any atom is -0.462 e. The van der Waals surface area contributed by atoms with Crippen molar-refractivity contribution in [2.45, 2.75) is 51.6 Å². The van der Waals surface area contributed by atoms with Crippen LogP contribution in [0.2, 0.25) is 0 Å². The Morgan fingerprint density at radius 3 is 2.37 bits per heavy atom. The molecule has 1 saturated heterocycles. The number of thiophene rings is 1. The highest BCUT2D eigenvalue weighted by atomic mass is 32.2. The smallest absolute Gasteiger partial charge is 0.341 e. The summed E-state index contributed by atoms with van der Waals surface area (Å²) >= 11 is 1.40. The molecule has 3 aromatic rings. The lowest BCUT2D eigenvalue weighted by Gasteiger charge is -2.34. The second kappa shape index (κ2) is 12.4. The molecule has 2 aliphatic heterocycles. The van der Waals surface area contributed by atoms with Gasteiger partial charge in [0.1, 0.15) is 5.00 Å². The van der Waals surface area contributed by atoms with E-state index >= 15 is 0 Å². The van der Waals surface area contributed by atoms with Gasteiger partial charge in [0, 0.05) is 43.2 Å². The molecule has 218 valence electrons. The van der Waals surface area contributed by atoms with Gasteiger partial charge >= 0.3 is 5.97 Å². The van der Waals surface area contributed by atoms with Crippen LogP contribution in [0.15, 0.2) is 59.5 Å². The molecule has 0 radical (unpaired) electrons. The summed E-state index contributed by atoms with van der Waals surface area (Å²) in [6, 6.07) is 16.3. The van der Waals surface area contributed by atoms with Crippen LogP contribution < -0.4 is 5.32 Å². The van der Waals surface area contributed by atoms with Gasteiger partial charge in [0.25, 0.3) is 5.91 Å². The highest BCUT2D eigenvalue weighted by Crippen LogP contribution is 2.38. The quantitative estimate of drug-likeness (QED) is 0.350. The van der Waals surface area contributed by atoms with E-state index in [-0.39, 0.29) is 11.5 Å². The van der Waals surface area contributed by atoms with E-state index in [1.54, 1.807) is 11.2 Å². The summed E-state index contributed by atoms with van der Waals surface area (Å²) < 4.78 is 33.4. The van der Waals surface area contributed by atoms with E-state index in [0.717, 1.165) is 30.0 Å². The predicted molar refractivity (Wildman–Crippen MR) is 161 cm³/mol. The Balaban J connectivity index is 1.34. The van der Waals surface area contributed by atoms with E-state index in [9.17, 15) is 18.0 Å². The fourth-order valence-corrected chi connectivity index (χ4v) is 8.80. The van der Waals surface area contributed by atoms with Gasteiger partial charge in [-0.15, -0.1) is 11.3 Å². The van der Waals surface area contributed by atoms with Gasteiger partial charge in [0.05, 0.1) is 17.1 Å². The largest absolute Gasteiger partial charge is 0.462 e. The van der Waals surface area contributed by atoms with Crippen LogP contribution in [0.4, 0.5) is 5.00 Å². The minimum absolute atomic E-state index is 0.174. The van der Waals surface area contributed by atoms with Gasteiger partial charge < -0.3 is 10.1 Å². The van der Waals surface area contributed by atoms with Crippen LogP contribution in [-0.2, 0) is 34.3 Å². The first-order valence-electron chi connectivity index (χ1n) is 14.1. The summed E-state index contributed by atoms with van der Waals surface area (Å²) in [5, 5.41) is 3.39. The molecule has 2 atom stereocenters. The van der Waals surface area contributed by atoms with Gasteiger partial charge in [-0.05, 0) is 67.0 Å². The number of carbonyl (C=O) groups is 2. The predicted octanol–water partition coefficient (Wildman–Crippen LogP) is 5.40. The minimum atomic E-state index is -3.65. The molecule has 0 bridgehead atoms. The van der Waals surface area contributed by atoms with Gasteiger partial charge in [-0.1, -0.05) is 44.2 Å². The van der Waals surface area contributed by atoms with Gasteiger partial charge in [-0.3, -0.25) is 9.69 Å². The molecule has 2 aliphatic rings. The van der Waals surface area contributed by atoms with E-state index in [0.29, 0.717) is 54.0 Å². The lowest BCUT2D eigenvalue weighted by atomic mass is 9.94. The van der Waals surface area contributed by atoms with Gasteiger partial charge in [-0.25, -0.2) is 13.2 Å². The normalized spacial score (nSPS) is 19.9. The van der Waals surface area contributed by atoms with Crippen molar-refractivity contribution in [1.29, 1.82) is 0 Å². The molecule has 0 spiro atoms. The lowest BCUT2D eigenvalue weighted by Crippen LogP contribution is -2.42. The maximum atomic E-state index is 13.3. The summed E-state index contributed by atoms with van der Waals surface area (Å²) in [5.74, 6) is -0.244. The van der Waals surface area contributed by atoms with E-state index in [4.69, 9.17) is 4.74 Å². The number of fused-ring (bicyclic) bond motifs is 1. The molecule has 3 heterocycles. The maximum Gasteiger partial charge on any atom is 0.341 e. The Morgan fingerprint density at radius 2 is 1.71 bits per heavy atom. The average Bonchev–Trinajstić information content (AvgIpc) is 3.30. The molecule has 2 aromatic carbocycles. The number of hydrogen-bond acceptors (Lipinski definition) is 7. The Morgan fingerprint density at radius 1 is 1.02 bits per heavy atom. The van der Waals surface area contributed by atoms with Crippen LogP contribution >= 0.6 is 11.3 Å². The third-order valence-corrected chi connectivity index (χ3v) is 10.7. The maximum absolute atomic E-state index is 13.3. The van der Waals surface area contributed by atoms with Crippen LogP contribution in [0.1, 0.15) is 63.9 Å². The van der Waals surface area contributed by atoms with Crippen LogP contribution in [-0.4, -0.2) is 55.7 Å². The molecular formula is C31H37N3O5S2. The first-order chi connectivity index (χ1) is 19.7. The number of rotatable bonds is 8. The monoisotopic (exact) mass is 595 g/mol. The Labute approximate surface area is 246 Å². The number of carbonyl (C=O) groups excluding carboxylic acids is 2. The molecule has 5 rings (SSSR count). The van der Waals surface area contributed by atoms with Gasteiger partial charge in [0.2, 0.25) is 10.0 Å². The van der Waals surface area contributed by atoms with Crippen molar-refractivity contribution in [3.63, 3.8) is 0 Å². The second-order valence-electron chi connectivity index (χ2n) is 11.1. The number of amides is 1. The zero-order chi connectivity index (χ0) is 29.1. The number of sulfonamides is 1.